The molecular weight excluding hydrogens is 469 g/mol. The summed E-state index contributed by atoms with van der Waals surface area (Å²) >= 11 is 7.45. The van der Waals surface area contributed by atoms with Gasteiger partial charge in [-0.15, -0.1) is 0 Å². The normalized spacial score (nSPS) is 6.43. The maximum absolute atomic E-state index is 7.57. The summed E-state index contributed by atoms with van der Waals surface area (Å²) in [6, 6.07) is 0. The van der Waals surface area contributed by atoms with Crippen LogP contribution in [0.3, 0.4) is 0 Å². The fraction of sp³-hybridized carbons (Fsp3) is 1.00. The van der Waals surface area contributed by atoms with Gasteiger partial charge in [-0.05, 0) is 6.92 Å². The molecule has 0 aliphatic carbocycles. The maximum atomic E-state index is 7.57. The first-order valence-corrected chi connectivity index (χ1v) is 16.7. The van der Waals surface area contributed by atoms with Crippen LogP contribution in [0.2, 0.25) is 0 Å². The van der Waals surface area contributed by atoms with Crippen LogP contribution in [0, 0.1) is 0 Å². The average molecular weight is 475 g/mol. The van der Waals surface area contributed by atoms with Crippen molar-refractivity contribution < 1.29 is 11.7 Å². The zero-order chi connectivity index (χ0) is 6.28. The van der Waals surface area contributed by atoms with Gasteiger partial charge in [-0.25, -0.2) is 0 Å². The van der Waals surface area contributed by atoms with Crippen molar-refractivity contribution in [3.8, 4) is 0 Å². The van der Waals surface area contributed by atoms with Crippen LogP contribution in [-0.2, 0) is 6.63 Å². The Hall–Kier alpha value is 2.86. The van der Waals surface area contributed by atoms with Gasteiger partial charge in [0, 0.05) is 6.61 Å². The van der Waals surface area contributed by atoms with E-state index in [1.807, 2.05) is 0 Å². The molecule has 0 aromatic rings. The number of aliphatic hydroxyl groups is 1. The Morgan fingerprint density at radius 3 is 1.43 bits per heavy atom. The first kappa shape index (κ1) is 12.5. The van der Waals surface area contributed by atoms with Crippen LogP contribution in [0.25, 0.3) is 0 Å². The fourth-order valence-corrected chi connectivity index (χ4v) is 0. The average Bonchev–Trinajstić information content (AvgIpc) is 1.33. The van der Waals surface area contributed by atoms with Crippen molar-refractivity contribution in [2.24, 2.45) is 0 Å². The van der Waals surface area contributed by atoms with Crippen molar-refractivity contribution in [3.63, 3.8) is 0 Å². The van der Waals surface area contributed by atoms with Gasteiger partial charge in [0.2, 0.25) is 0 Å². The molecule has 0 heterocycles. The molecule has 0 aliphatic heterocycles. The van der Waals surface area contributed by atoms with Crippen LogP contribution in [0.1, 0.15) is 6.92 Å². The van der Waals surface area contributed by atoms with Gasteiger partial charge in [0.25, 0.3) is 0 Å². The third-order valence-corrected chi connectivity index (χ3v) is 0. The molecular formula is C2H6I3OTi. The molecule has 0 amide bonds. The molecule has 0 saturated heterocycles. The van der Waals surface area contributed by atoms with E-state index in [1.54, 1.807) is 6.92 Å². The zero-order valence-corrected chi connectivity index (χ0v) is 11.8. The predicted octanol–water partition coefficient (Wildman–Crippen LogP) is 2.65. The second-order valence-corrected chi connectivity index (χ2v) is 40.1. The molecule has 0 bridgehead atoms. The number of rotatable bonds is 0. The molecule has 0 saturated carbocycles. The topological polar surface area (TPSA) is 20.2 Å². The summed E-state index contributed by atoms with van der Waals surface area (Å²) in [4.78, 5) is 0. The van der Waals surface area contributed by atoms with E-state index in [0.29, 0.717) is 0 Å². The van der Waals surface area contributed by atoms with Crippen molar-refractivity contribution in [1.29, 1.82) is 0 Å². The van der Waals surface area contributed by atoms with Gasteiger partial charge in [0.1, 0.15) is 0 Å². The molecule has 45 valence electrons. The summed E-state index contributed by atoms with van der Waals surface area (Å²) in [5, 5.41) is 7.57. The number of hydrogen-bond donors (Lipinski definition) is 1. The van der Waals surface area contributed by atoms with E-state index >= 15 is 0 Å². The second-order valence-electron chi connectivity index (χ2n) is 0.531. The molecule has 7 heavy (non-hydrogen) atoms. The van der Waals surface area contributed by atoms with Gasteiger partial charge in [-0.3, -0.25) is 0 Å². The molecule has 0 aromatic heterocycles. The summed E-state index contributed by atoms with van der Waals surface area (Å²) in [5.74, 6) is 0. The molecule has 0 rings (SSSR count). The van der Waals surface area contributed by atoms with Crippen LogP contribution >= 0.6 is 57.6 Å². The Labute approximate surface area is 80.9 Å². The molecule has 0 spiro atoms. The van der Waals surface area contributed by atoms with Crippen molar-refractivity contribution in [3.05, 3.63) is 0 Å². The van der Waals surface area contributed by atoms with Gasteiger partial charge in [0.15, 0.2) is 0 Å². The Morgan fingerprint density at radius 1 is 1.43 bits per heavy atom. The van der Waals surface area contributed by atoms with E-state index in [0.717, 1.165) is 0 Å². The molecule has 0 unspecified atom stereocenters. The van der Waals surface area contributed by atoms with Crippen LogP contribution in [-0.4, -0.2) is 11.7 Å². The Bertz CT molecular complexity index is 24.1. The SMILES string of the molecule is CCO.[I][Ti]([I])[I]. The number of hydrogen-bond acceptors (Lipinski definition) is 1. The third kappa shape index (κ3) is 50.9. The first-order chi connectivity index (χ1) is 3.15. The van der Waals surface area contributed by atoms with E-state index in [-0.39, 0.29) is 6.61 Å². The van der Waals surface area contributed by atoms with Gasteiger partial charge >= 0.3 is 64.2 Å². The monoisotopic (exact) mass is 475 g/mol. The van der Waals surface area contributed by atoms with Gasteiger partial charge in [-0.1, -0.05) is 0 Å². The van der Waals surface area contributed by atoms with E-state index < -0.39 is 6.63 Å². The van der Waals surface area contributed by atoms with Crippen molar-refractivity contribution >= 4 is 57.6 Å². The van der Waals surface area contributed by atoms with Crippen molar-refractivity contribution in [2.45, 2.75) is 6.92 Å². The number of aliphatic hydroxyl groups excluding tert-OH is 1. The zero-order valence-electron chi connectivity index (χ0n) is 3.79. The first-order valence-electron chi connectivity index (χ1n) is 1.59. The quantitative estimate of drug-likeness (QED) is 0.423. The standard InChI is InChI=1S/C2H6O.3HI.Ti/c1-2-3;;;;/h3H,2H2,1H3;3*1H;/q;;;;+3/p-3. The summed E-state index contributed by atoms with van der Waals surface area (Å²) < 4.78 is 0. The Balaban J connectivity index is 0. The van der Waals surface area contributed by atoms with Crippen LogP contribution in [0.15, 0.2) is 0 Å². The number of halogens is 3. The molecule has 0 aromatic carbocycles. The van der Waals surface area contributed by atoms with E-state index in [4.69, 9.17) is 5.11 Å². The van der Waals surface area contributed by atoms with Crippen LogP contribution in [0.4, 0.5) is 0 Å². The van der Waals surface area contributed by atoms with E-state index in [9.17, 15) is 0 Å². The second kappa shape index (κ2) is 11.6. The fourth-order valence-electron chi connectivity index (χ4n) is 0. The van der Waals surface area contributed by atoms with Gasteiger partial charge in [-0.2, -0.15) is 0 Å². The molecule has 0 atom stereocenters. The minimum atomic E-state index is -0.423. The molecule has 0 fully saturated rings. The molecule has 0 aliphatic rings. The molecule has 5 heteroatoms. The third-order valence-electron chi connectivity index (χ3n) is 0. The van der Waals surface area contributed by atoms with Crippen LogP contribution < -0.4 is 0 Å². The van der Waals surface area contributed by atoms with Gasteiger partial charge < -0.3 is 5.11 Å². The minimum absolute atomic E-state index is 0.250. The summed E-state index contributed by atoms with van der Waals surface area (Å²) in [6.07, 6.45) is 0. The predicted molar refractivity (Wildman–Crippen MR) is 54.8 cm³/mol. The van der Waals surface area contributed by atoms with Crippen molar-refractivity contribution in [1.82, 2.24) is 0 Å². The Kier molecular flexibility index (Phi) is 20.8. The van der Waals surface area contributed by atoms with Gasteiger partial charge in [0.05, 0.1) is 0 Å². The summed E-state index contributed by atoms with van der Waals surface area (Å²) in [6.45, 7) is 1.51. The van der Waals surface area contributed by atoms with Crippen molar-refractivity contribution in [2.75, 3.05) is 6.61 Å². The summed E-state index contributed by atoms with van der Waals surface area (Å²) in [7, 11) is 0. The van der Waals surface area contributed by atoms with Crippen LogP contribution in [0.5, 0.6) is 0 Å². The Morgan fingerprint density at radius 2 is 1.43 bits per heavy atom. The molecule has 1 nitrogen and oxygen atoms in total. The molecule has 1 N–H and O–H groups in total. The molecule has 0 radical (unpaired) electrons. The van der Waals surface area contributed by atoms with E-state index in [2.05, 4.69) is 57.6 Å². The summed E-state index contributed by atoms with van der Waals surface area (Å²) in [5.41, 5.74) is 0. The van der Waals surface area contributed by atoms with E-state index in [1.165, 1.54) is 0 Å².